The van der Waals surface area contributed by atoms with Crippen molar-refractivity contribution in [1.29, 1.82) is 0 Å². The second kappa shape index (κ2) is 9.08. The molecule has 126 valence electrons. The van der Waals surface area contributed by atoms with E-state index < -0.39 is 0 Å². The Morgan fingerprint density at radius 3 is 2.29 bits per heavy atom. The van der Waals surface area contributed by atoms with E-state index in [1.54, 1.807) is 12.1 Å². The van der Waals surface area contributed by atoms with Crippen LogP contribution in [0.5, 0.6) is 5.75 Å². The molecule has 6 heteroatoms. The predicted octanol–water partition coefficient (Wildman–Crippen LogP) is 3.15. The van der Waals surface area contributed by atoms with Gasteiger partial charge in [-0.25, -0.2) is 0 Å². The summed E-state index contributed by atoms with van der Waals surface area (Å²) in [6, 6.07) is 14.8. The van der Waals surface area contributed by atoms with Crippen LogP contribution >= 0.6 is 15.9 Å². The minimum atomic E-state index is -0.347. The fraction of sp³-hybridized carbons (Fsp3) is 0.222. The van der Waals surface area contributed by atoms with Crippen LogP contribution in [0.15, 0.2) is 53.0 Å². The summed E-state index contributed by atoms with van der Waals surface area (Å²) in [4.78, 5) is 23.5. The third kappa shape index (κ3) is 6.04. The molecule has 0 spiro atoms. The maximum Gasteiger partial charge on any atom is 0.258 e. The topological polar surface area (TPSA) is 67.4 Å². The van der Waals surface area contributed by atoms with Gasteiger partial charge in [-0.1, -0.05) is 35.0 Å². The second-order valence-electron chi connectivity index (χ2n) is 5.12. The summed E-state index contributed by atoms with van der Waals surface area (Å²) in [5.41, 5.74) is 1.88. The van der Waals surface area contributed by atoms with Crippen LogP contribution in [0.3, 0.4) is 0 Å². The van der Waals surface area contributed by atoms with Crippen LogP contribution in [-0.2, 0) is 16.0 Å². The van der Waals surface area contributed by atoms with E-state index in [1.807, 2.05) is 36.4 Å². The zero-order chi connectivity index (χ0) is 17.4. The molecule has 0 aliphatic heterocycles. The lowest BCUT2D eigenvalue weighted by Gasteiger charge is -2.09. The fourth-order valence-electron chi connectivity index (χ4n) is 1.94. The Labute approximate surface area is 149 Å². The summed E-state index contributed by atoms with van der Waals surface area (Å²) in [7, 11) is 0. The van der Waals surface area contributed by atoms with E-state index >= 15 is 0 Å². The highest BCUT2D eigenvalue weighted by Gasteiger charge is 2.07. The van der Waals surface area contributed by atoms with Crippen LogP contribution < -0.4 is 15.4 Å². The van der Waals surface area contributed by atoms with Crippen LogP contribution in [0.25, 0.3) is 0 Å². The Morgan fingerprint density at radius 1 is 1.00 bits per heavy atom. The maximum atomic E-state index is 11.8. The van der Waals surface area contributed by atoms with E-state index in [2.05, 4.69) is 33.5 Å². The number of anilines is 1. The Bertz CT molecular complexity index is 684. The van der Waals surface area contributed by atoms with Crippen molar-refractivity contribution in [3.8, 4) is 5.75 Å². The minimum Gasteiger partial charge on any atom is -0.484 e. The summed E-state index contributed by atoms with van der Waals surface area (Å²) in [5.74, 6) is -0.0137. The second-order valence-corrected chi connectivity index (χ2v) is 6.03. The molecule has 5 nitrogen and oxygen atoms in total. The minimum absolute atomic E-state index is 0.104. The van der Waals surface area contributed by atoms with Gasteiger partial charge in [0.1, 0.15) is 5.75 Å². The maximum absolute atomic E-state index is 11.8. The number of halogens is 1. The van der Waals surface area contributed by atoms with Crippen LogP contribution in [0.1, 0.15) is 12.5 Å². The van der Waals surface area contributed by atoms with Crippen molar-refractivity contribution in [2.24, 2.45) is 0 Å². The van der Waals surface area contributed by atoms with Gasteiger partial charge in [0, 0.05) is 10.2 Å². The number of rotatable bonds is 7. The Morgan fingerprint density at radius 2 is 1.67 bits per heavy atom. The molecule has 0 aliphatic carbocycles. The molecule has 24 heavy (non-hydrogen) atoms. The zero-order valence-corrected chi connectivity index (χ0v) is 14.9. The summed E-state index contributed by atoms with van der Waals surface area (Å²) < 4.78 is 6.31. The van der Waals surface area contributed by atoms with Crippen LogP contribution in [0, 0.1) is 0 Å². The monoisotopic (exact) mass is 390 g/mol. The Kier molecular flexibility index (Phi) is 6.81. The van der Waals surface area contributed by atoms with Gasteiger partial charge >= 0.3 is 0 Å². The Hall–Kier alpha value is -2.34. The molecule has 0 unspecified atom stereocenters. The van der Waals surface area contributed by atoms with Crippen molar-refractivity contribution < 1.29 is 14.3 Å². The van der Waals surface area contributed by atoms with Crippen LogP contribution in [0.4, 0.5) is 5.69 Å². The number of benzene rings is 2. The van der Waals surface area contributed by atoms with E-state index in [-0.39, 0.29) is 25.0 Å². The van der Waals surface area contributed by atoms with Crippen molar-refractivity contribution in [1.82, 2.24) is 5.32 Å². The number of ether oxygens (including phenoxy) is 1. The number of carbonyl (C=O) groups excluding carboxylic acids is 2. The van der Waals surface area contributed by atoms with Crippen molar-refractivity contribution in [3.05, 3.63) is 58.6 Å². The summed E-state index contributed by atoms with van der Waals surface area (Å²) in [6.07, 6.45) is 0.953. The zero-order valence-electron chi connectivity index (χ0n) is 13.3. The highest BCUT2D eigenvalue weighted by atomic mass is 79.9. The first kappa shape index (κ1) is 18.0. The third-order valence-corrected chi connectivity index (χ3v) is 3.80. The van der Waals surface area contributed by atoms with E-state index in [4.69, 9.17) is 4.74 Å². The first-order chi connectivity index (χ1) is 11.6. The highest BCUT2D eigenvalue weighted by molar-refractivity contribution is 9.10. The summed E-state index contributed by atoms with van der Waals surface area (Å²) in [5, 5.41) is 5.22. The number of hydrogen-bond acceptors (Lipinski definition) is 3. The predicted molar refractivity (Wildman–Crippen MR) is 97.1 cm³/mol. The molecule has 2 aromatic rings. The number of carbonyl (C=O) groups is 2. The molecule has 0 aliphatic rings. The van der Waals surface area contributed by atoms with Gasteiger partial charge < -0.3 is 15.4 Å². The van der Waals surface area contributed by atoms with Gasteiger partial charge in [0.15, 0.2) is 6.61 Å². The average molecular weight is 391 g/mol. The first-order valence-electron chi connectivity index (χ1n) is 7.60. The quantitative estimate of drug-likeness (QED) is 0.762. The van der Waals surface area contributed by atoms with Crippen molar-refractivity contribution >= 4 is 33.4 Å². The molecule has 0 heterocycles. The third-order valence-electron chi connectivity index (χ3n) is 3.28. The lowest BCUT2D eigenvalue weighted by molar-refractivity contribution is -0.125. The average Bonchev–Trinajstić information content (AvgIpc) is 2.60. The lowest BCUT2D eigenvalue weighted by atomic mass is 10.2. The number of nitrogens with one attached hydrogen (secondary N) is 2. The van der Waals surface area contributed by atoms with Crippen LogP contribution in [0.2, 0.25) is 0 Å². The SMILES string of the molecule is CCc1ccc(OCC(=O)NCC(=O)Nc2ccc(Br)cc2)cc1. The largest absolute Gasteiger partial charge is 0.484 e. The normalized spacial score (nSPS) is 10.1. The molecule has 0 aromatic heterocycles. The molecule has 2 rings (SSSR count). The van der Waals surface area contributed by atoms with Crippen LogP contribution in [-0.4, -0.2) is 25.0 Å². The smallest absolute Gasteiger partial charge is 0.258 e. The molecule has 2 N–H and O–H groups in total. The van der Waals surface area contributed by atoms with E-state index in [1.165, 1.54) is 5.56 Å². The fourth-order valence-corrected chi connectivity index (χ4v) is 2.20. The van der Waals surface area contributed by atoms with Gasteiger partial charge in [0.05, 0.1) is 6.54 Å². The van der Waals surface area contributed by atoms with E-state index in [0.29, 0.717) is 11.4 Å². The van der Waals surface area contributed by atoms with Crippen molar-refractivity contribution in [2.75, 3.05) is 18.5 Å². The van der Waals surface area contributed by atoms with Gasteiger partial charge in [-0.05, 0) is 48.4 Å². The molecule has 0 atom stereocenters. The molecule has 0 fully saturated rings. The summed E-state index contributed by atoms with van der Waals surface area (Å²) >= 11 is 3.32. The molecule has 0 radical (unpaired) electrons. The molecular weight excluding hydrogens is 372 g/mol. The lowest BCUT2D eigenvalue weighted by Crippen LogP contribution is -2.35. The molecular formula is C18H19BrN2O3. The van der Waals surface area contributed by atoms with Gasteiger partial charge in [0.25, 0.3) is 5.91 Å². The number of aryl methyl sites for hydroxylation is 1. The van der Waals surface area contributed by atoms with Crippen molar-refractivity contribution in [2.45, 2.75) is 13.3 Å². The highest BCUT2D eigenvalue weighted by Crippen LogP contribution is 2.14. The number of hydrogen-bond donors (Lipinski definition) is 2. The van der Waals surface area contributed by atoms with Gasteiger partial charge in [-0.3, -0.25) is 9.59 Å². The van der Waals surface area contributed by atoms with Gasteiger partial charge in [-0.15, -0.1) is 0 Å². The van der Waals surface area contributed by atoms with Gasteiger partial charge in [-0.2, -0.15) is 0 Å². The number of amides is 2. The molecule has 2 amide bonds. The molecule has 0 bridgehead atoms. The van der Waals surface area contributed by atoms with E-state index in [0.717, 1.165) is 10.9 Å². The molecule has 0 saturated heterocycles. The molecule has 2 aromatic carbocycles. The standard InChI is InChI=1S/C18H19BrN2O3/c1-2-13-3-9-16(10-4-13)24-12-18(23)20-11-17(22)21-15-7-5-14(19)6-8-15/h3-10H,2,11-12H2,1H3,(H,20,23)(H,21,22). The van der Waals surface area contributed by atoms with Crippen molar-refractivity contribution in [3.63, 3.8) is 0 Å². The van der Waals surface area contributed by atoms with E-state index in [9.17, 15) is 9.59 Å². The van der Waals surface area contributed by atoms with Gasteiger partial charge in [0.2, 0.25) is 5.91 Å². The Balaban J connectivity index is 1.70. The molecule has 0 saturated carbocycles. The first-order valence-corrected chi connectivity index (χ1v) is 8.40. The summed E-state index contributed by atoms with van der Waals surface area (Å²) in [6.45, 7) is 1.84.